The molecule has 154 valence electrons. The van der Waals surface area contributed by atoms with Crippen LogP contribution in [0.1, 0.15) is 66.4 Å². The second-order valence-corrected chi connectivity index (χ2v) is 10.8. The van der Waals surface area contributed by atoms with Crippen molar-refractivity contribution in [1.82, 2.24) is 0 Å². The first-order valence-corrected chi connectivity index (χ1v) is 11.3. The van der Waals surface area contributed by atoms with Crippen molar-refractivity contribution in [3.63, 3.8) is 0 Å². The number of hydrogen-bond donors (Lipinski definition) is 0. The topological polar surface area (TPSA) is 69.7 Å². The molecule has 0 radical (unpaired) electrons. The van der Waals surface area contributed by atoms with E-state index >= 15 is 0 Å². The third-order valence-electron chi connectivity index (χ3n) is 4.19. The molecule has 0 aliphatic rings. The number of sulfone groups is 1. The highest BCUT2D eigenvalue weighted by atomic mass is 32.2. The number of esters is 1. The maximum Gasteiger partial charge on any atom is 0.305 e. The van der Waals surface area contributed by atoms with Crippen LogP contribution in [0.4, 0.5) is 0 Å². The van der Waals surface area contributed by atoms with E-state index < -0.39 is 9.84 Å². The molecule has 0 amide bonds. The molecule has 5 nitrogen and oxygen atoms in total. The van der Waals surface area contributed by atoms with Gasteiger partial charge in [0.1, 0.15) is 10.6 Å². The Labute approximate surface area is 164 Å². The molecule has 0 aliphatic carbocycles. The van der Waals surface area contributed by atoms with E-state index in [1.807, 2.05) is 6.07 Å². The number of benzene rings is 1. The van der Waals surface area contributed by atoms with Gasteiger partial charge in [-0.1, -0.05) is 40.7 Å². The third-order valence-corrected chi connectivity index (χ3v) is 5.30. The standard InChI is InChI=1S/C21H34O5S/c1-8-25-19(22)10-9-13-26-17-12-11-16(14-18(17)27(7,23)24)21(5,6)15-20(2,3)4/h11-12,14H,8-10,13,15H2,1-7H3. The lowest BCUT2D eigenvalue weighted by Crippen LogP contribution is -2.25. The highest BCUT2D eigenvalue weighted by Crippen LogP contribution is 2.38. The van der Waals surface area contributed by atoms with Crippen molar-refractivity contribution in [2.75, 3.05) is 19.5 Å². The summed E-state index contributed by atoms with van der Waals surface area (Å²) in [7, 11) is -3.44. The fraction of sp³-hybridized carbons (Fsp3) is 0.667. The summed E-state index contributed by atoms with van der Waals surface area (Å²) in [5, 5.41) is 0. The Morgan fingerprint density at radius 3 is 2.26 bits per heavy atom. The summed E-state index contributed by atoms with van der Waals surface area (Å²) >= 11 is 0. The molecule has 6 heteroatoms. The molecule has 0 aliphatic heterocycles. The second-order valence-electron chi connectivity index (χ2n) is 8.81. The normalized spacial score (nSPS) is 12.7. The zero-order chi connectivity index (χ0) is 20.9. The second kappa shape index (κ2) is 9.09. The van der Waals surface area contributed by atoms with Crippen LogP contribution in [0.15, 0.2) is 23.1 Å². The van der Waals surface area contributed by atoms with Crippen LogP contribution < -0.4 is 4.74 Å². The van der Waals surface area contributed by atoms with Gasteiger partial charge in [0.15, 0.2) is 9.84 Å². The summed E-state index contributed by atoms with van der Waals surface area (Å²) < 4.78 is 35.1. The van der Waals surface area contributed by atoms with Gasteiger partial charge in [-0.2, -0.15) is 0 Å². The van der Waals surface area contributed by atoms with E-state index in [1.54, 1.807) is 19.1 Å². The molecule has 0 aromatic heterocycles. The van der Waals surface area contributed by atoms with Gasteiger partial charge in [0, 0.05) is 12.7 Å². The Morgan fingerprint density at radius 1 is 1.11 bits per heavy atom. The van der Waals surface area contributed by atoms with Crippen molar-refractivity contribution in [2.24, 2.45) is 5.41 Å². The van der Waals surface area contributed by atoms with E-state index in [0.29, 0.717) is 18.8 Å². The maximum atomic E-state index is 12.3. The number of hydrogen-bond acceptors (Lipinski definition) is 5. The van der Waals surface area contributed by atoms with Crippen molar-refractivity contribution in [3.05, 3.63) is 23.8 Å². The van der Waals surface area contributed by atoms with Crippen LogP contribution in [-0.2, 0) is 24.8 Å². The monoisotopic (exact) mass is 398 g/mol. The summed E-state index contributed by atoms with van der Waals surface area (Å²) in [6.07, 6.45) is 2.83. The summed E-state index contributed by atoms with van der Waals surface area (Å²) in [4.78, 5) is 11.6. The fourth-order valence-electron chi connectivity index (χ4n) is 3.40. The molecule has 27 heavy (non-hydrogen) atoms. The molecule has 0 fully saturated rings. The first-order valence-electron chi connectivity index (χ1n) is 9.39. The predicted octanol–water partition coefficient (Wildman–Crippen LogP) is 4.53. The lowest BCUT2D eigenvalue weighted by Gasteiger charge is -2.33. The van der Waals surface area contributed by atoms with Gasteiger partial charge in [-0.25, -0.2) is 8.42 Å². The average Bonchev–Trinajstić information content (AvgIpc) is 2.48. The van der Waals surface area contributed by atoms with E-state index in [4.69, 9.17) is 9.47 Å². The van der Waals surface area contributed by atoms with Crippen molar-refractivity contribution in [2.45, 2.75) is 71.1 Å². The molecular formula is C21H34O5S. The van der Waals surface area contributed by atoms with Crippen molar-refractivity contribution in [1.29, 1.82) is 0 Å². The van der Waals surface area contributed by atoms with E-state index in [-0.39, 0.29) is 34.7 Å². The molecule has 0 spiro atoms. The van der Waals surface area contributed by atoms with Crippen LogP contribution in [0.3, 0.4) is 0 Å². The largest absolute Gasteiger partial charge is 0.492 e. The van der Waals surface area contributed by atoms with Gasteiger partial charge in [0.05, 0.1) is 13.2 Å². The summed E-state index contributed by atoms with van der Waals surface area (Å²) in [6.45, 7) is 13.1. The molecule has 0 unspecified atom stereocenters. The van der Waals surface area contributed by atoms with Gasteiger partial charge < -0.3 is 9.47 Å². The van der Waals surface area contributed by atoms with Gasteiger partial charge >= 0.3 is 5.97 Å². The zero-order valence-electron chi connectivity index (χ0n) is 17.7. The molecule has 0 N–H and O–H groups in total. The van der Waals surface area contributed by atoms with Gasteiger partial charge in [0.25, 0.3) is 0 Å². The minimum Gasteiger partial charge on any atom is -0.492 e. The highest BCUT2D eigenvalue weighted by molar-refractivity contribution is 7.90. The van der Waals surface area contributed by atoms with E-state index in [2.05, 4.69) is 34.6 Å². The predicted molar refractivity (Wildman–Crippen MR) is 108 cm³/mol. The molecule has 1 aromatic carbocycles. The SMILES string of the molecule is CCOC(=O)CCCOc1ccc(C(C)(C)CC(C)(C)C)cc1S(C)(=O)=O. The Bertz CT molecular complexity index is 742. The quantitative estimate of drug-likeness (QED) is 0.452. The minimum absolute atomic E-state index is 0.122. The van der Waals surface area contributed by atoms with E-state index in [1.165, 1.54) is 6.26 Å². The lowest BCUT2D eigenvalue weighted by atomic mass is 9.72. The van der Waals surface area contributed by atoms with Gasteiger partial charge in [0.2, 0.25) is 0 Å². The molecule has 0 heterocycles. The molecule has 0 bridgehead atoms. The van der Waals surface area contributed by atoms with E-state index in [0.717, 1.165) is 12.0 Å². The molecule has 1 aromatic rings. The van der Waals surface area contributed by atoms with Crippen molar-refractivity contribution >= 4 is 15.8 Å². The minimum atomic E-state index is -3.44. The first kappa shape index (κ1) is 23.5. The third kappa shape index (κ3) is 7.91. The Morgan fingerprint density at radius 2 is 1.74 bits per heavy atom. The molecule has 1 rings (SSSR count). The van der Waals surface area contributed by atoms with Crippen LogP contribution in [0, 0.1) is 5.41 Å². The summed E-state index contributed by atoms with van der Waals surface area (Å²) in [5.74, 6) is 0.0559. The molecule has 0 atom stereocenters. The highest BCUT2D eigenvalue weighted by Gasteiger charge is 2.29. The van der Waals surface area contributed by atoms with E-state index in [9.17, 15) is 13.2 Å². The molecule has 0 saturated heterocycles. The number of rotatable bonds is 9. The smallest absolute Gasteiger partial charge is 0.305 e. The van der Waals surface area contributed by atoms with Gasteiger partial charge in [-0.3, -0.25) is 4.79 Å². The number of ether oxygens (including phenoxy) is 2. The lowest BCUT2D eigenvalue weighted by molar-refractivity contribution is -0.143. The zero-order valence-corrected chi connectivity index (χ0v) is 18.5. The Hall–Kier alpha value is -1.56. The van der Waals surface area contributed by atoms with Gasteiger partial charge in [-0.15, -0.1) is 0 Å². The van der Waals surface area contributed by atoms with Gasteiger partial charge in [-0.05, 0) is 48.3 Å². The summed E-state index contributed by atoms with van der Waals surface area (Å²) in [6, 6.07) is 5.38. The summed E-state index contributed by atoms with van der Waals surface area (Å²) in [5.41, 5.74) is 0.925. The fourth-order valence-corrected chi connectivity index (χ4v) is 4.23. The van der Waals surface area contributed by atoms with Crippen LogP contribution in [-0.4, -0.2) is 33.9 Å². The van der Waals surface area contributed by atoms with Crippen LogP contribution >= 0.6 is 0 Å². The van der Waals surface area contributed by atoms with Crippen molar-refractivity contribution < 1.29 is 22.7 Å². The van der Waals surface area contributed by atoms with Crippen LogP contribution in [0.5, 0.6) is 5.75 Å². The molecular weight excluding hydrogens is 364 g/mol. The van der Waals surface area contributed by atoms with Crippen molar-refractivity contribution in [3.8, 4) is 5.75 Å². The van der Waals surface area contributed by atoms with Crippen LogP contribution in [0.25, 0.3) is 0 Å². The first-order chi connectivity index (χ1) is 12.3. The molecule has 0 saturated carbocycles. The van der Waals surface area contributed by atoms with Crippen LogP contribution in [0.2, 0.25) is 0 Å². The number of carbonyl (C=O) groups excluding carboxylic acids is 1. The Balaban J connectivity index is 2.99. The average molecular weight is 399 g/mol. The Kier molecular flexibility index (Phi) is 7.90. The number of carbonyl (C=O) groups is 1. The maximum absolute atomic E-state index is 12.3.